The molecular formula is C29H36N4O2. The number of hydrogen-bond acceptors (Lipinski definition) is 5. The SMILES string of the molecule is CC1C2CCCC1CC(NC(=O)c1cccc3oc(N4CCN(C)CC4c4ccccc4)nc13)C2. The molecule has 1 amide bonds. The van der Waals surface area contributed by atoms with Crippen LogP contribution >= 0.6 is 0 Å². The fourth-order valence-electron chi connectivity index (χ4n) is 6.78. The Morgan fingerprint density at radius 2 is 1.80 bits per heavy atom. The molecule has 1 N–H and O–H groups in total. The van der Waals surface area contributed by atoms with Crippen LogP contribution in [0.15, 0.2) is 52.9 Å². The first-order chi connectivity index (χ1) is 17.1. The summed E-state index contributed by atoms with van der Waals surface area (Å²) in [7, 11) is 2.15. The molecule has 2 aliphatic carbocycles. The first-order valence-electron chi connectivity index (χ1n) is 13.3. The van der Waals surface area contributed by atoms with Crippen LogP contribution in [0.25, 0.3) is 11.1 Å². The molecule has 3 aromatic rings. The monoisotopic (exact) mass is 472 g/mol. The van der Waals surface area contributed by atoms with E-state index in [1.54, 1.807) is 0 Å². The molecule has 1 aliphatic heterocycles. The van der Waals surface area contributed by atoms with Crippen molar-refractivity contribution in [2.24, 2.45) is 17.8 Å². The lowest BCUT2D eigenvalue weighted by molar-refractivity contribution is 0.0706. The second-order valence-corrected chi connectivity index (χ2v) is 11.0. The molecule has 1 aromatic heterocycles. The van der Waals surface area contributed by atoms with Crippen molar-refractivity contribution < 1.29 is 9.21 Å². The van der Waals surface area contributed by atoms with Crippen LogP contribution in [0.3, 0.4) is 0 Å². The third-order valence-corrected chi connectivity index (χ3v) is 8.81. The van der Waals surface area contributed by atoms with Crippen LogP contribution < -0.4 is 10.2 Å². The molecule has 2 aromatic carbocycles. The fourth-order valence-corrected chi connectivity index (χ4v) is 6.78. The topological polar surface area (TPSA) is 61.6 Å². The van der Waals surface area contributed by atoms with Crippen LogP contribution in [0.4, 0.5) is 6.01 Å². The van der Waals surface area contributed by atoms with Gasteiger partial charge in [0.1, 0.15) is 5.52 Å². The molecule has 6 nitrogen and oxygen atoms in total. The van der Waals surface area contributed by atoms with Gasteiger partial charge in [-0.05, 0) is 55.3 Å². The molecule has 3 atom stereocenters. The summed E-state index contributed by atoms with van der Waals surface area (Å²) in [5.41, 5.74) is 3.20. The first kappa shape index (κ1) is 22.6. The number of hydrogen-bond donors (Lipinski definition) is 1. The normalized spacial score (nSPS) is 29.3. The first-order valence-corrected chi connectivity index (χ1v) is 13.3. The van der Waals surface area contributed by atoms with Crippen LogP contribution in [-0.4, -0.2) is 48.5 Å². The van der Waals surface area contributed by atoms with E-state index in [1.807, 2.05) is 24.3 Å². The number of nitrogens with zero attached hydrogens (tertiary/aromatic N) is 3. The number of anilines is 1. The van der Waals surface area contributed by atoms with Crippen molar-refractivity contribution in [3.63, 3.8) is 0 Å². The van der Waals surface area contributed by atoms with Gasteiger partial charge in [-0.25, -0.2) is 0 Å². The van der Waals surface area contributed by atoms with Gasteiger partial charge in [-0.1, -0.05) is 62.6 Å². The van der Waals surface area contributed by atoms with Gasteiger partial charge in [0, 0.05) is 25.7 Å². The number of piperazine rings is 1. The minimum absolute atomic E-state index is 0.0222. The molecule has 2 bridgehead atoms. The van der Waals surface area contributed by atoms with Crippen LogP contribution in [0, 0.1) is 17.8 Å². The number of likely N-dealkylation sites (N-methyl/N-ethyl adjacent to an activating group) is 1. The average molecular weight is 473 g/mol. The number of fused-ring (bicyclic) bond motifs is 3. The number of amides is 1. The maximum atomic E-state index is 13.4. The van der Waals surface area contributed by atoms with Crippen molar-refractivity contribution in [1.82, 2.24) is 15.2 Å². The number of rotatable bonds is 4. The molecule has 6 rings (SSSR count). The standard InChI is InChI=1S/C29H36N4O2/c1-19-21-10-6-11-22(19)17-23(16-21)30-28(34)24-12-7-13-26-27(24)31-29(35-26)33-15-14-32(2)18-25(33)20-8-4-3-5-9-20/h3-5,7-9,12-13,19,21-23,25H,6,10-11,14-18H2,1-2H3,(H,30,34). The lowest BCUT2D eigenvalue weighted by atomic mass is 9.64. The van der Waals surface area contributed by atoms with Crippen molar-refractivity contribution in [3.05, 3.63) is 59.7 Å². The molecule has 2 saturated carbocycles. The highest BCUT2D eigenvalue weighted by Gasteiger charge is 2.38. The van der Waals surface area contributed by atoms with Gasteiger partial charge in [0.15, 0.2) is 5.58 Å². The summed E-state index contributed by atoms with van der Waals surface area (Å²) in [4.78, 5) is 22.9. The van der Waals surface area contributed by atoms with Crippen LogP contribution in [0.5, 0.6) is 0 Å². The number of benzene rings is 2. The molecule has 3 fully saturated rings. The molecule has 2 heterocycles. The zero-order chi connectivity index (χ0) is 23.9. The molecule has 0 spiro atoms. The van der Waals surface area contributed by atoms with Crippen molar-refractivity contribution in [2.75, 3.05) is 31.6 Å². The summed E-state index contributed by atoms with van der Waals surface area (Å²) in [6.07, 6.45) is 6.16. The Bertz CT molecular complexity index is 1180. The van der Waals surface area contributed by atoms with Gasteiger partial charge in [0.05, 0.1) is 11.6 Å². The maximum Gasteiger partial charge on any atom is 0.299 e. The fraction of sp³-hybridized carbons (Fsp3) is 0.517. The van der Waals surface area contributed by atoms with Crippen molar-refractivity contribution in [1.29, 1.82) is 0 Å². The number of nitrogens with one attached hydrogen (secondary N) is 1. The summed E-state index contributed by atoms with van der Waals surface area (Å²) in [5.74, 6) is 2.26. The lowest BCUT2D eigenvalue weighted by Gasteiger charge is -2.44. The predicted molar refractivity (Wildman–Crippen MR) is 139 cm³/mol. The quantitative estimate of drug-likeness (QED) is 0.561. The zero-order valence-electron chi connectivity index (χ0n) is 20.8. The highest BCUT2D eigenvalue weighted by atomic mass is 16.4. The molecule has 35 heavy (non-hydrogen) atoms. The summed E-state index contributed by atoms with van der Waals surface area (Å²) in [6.45, 7) is 5.08. The Balaban J connectivity index is 1.26. The average Bonchev–Trinajstić information content (AvgIpc) is 3.29. The molecular weight excluding hydrogens is 436 g/mol. The van der Waals surface area contributed by atoms with E-state index < -0.39 is 0 Å². The van der Waals surface area contributed by atoms with E-state index in [0.29, 0.717) is 22.7 Å². The van der Waals surface area contributed by atoms with E-state index in [4.69, 9.17) is 9.40 Å². The number of carbonyl (C=O) groups excluding carboxylic acids is 1. The summed E-state index contributed by atoms with van der Waals surface area (Å²) >= 11 is 0. The lowest BCUT2D eigenvalue weighted by Crippen LogP contribution is -2.47. The Kier molecular flexibility index (Phi) is 6.01. The van der Waals surface area contributed by atoms with Gasteiger partial charge in [-0.2, -0.15) is 4.98 Å². The maximum absolute atomic E-state index is 13.4. The van der Waals surface area contributed by atoms with Crippen LogP contribution in [0.2, 0.25) is 0 Å². The Morgan fingerprint density at radius 3 is 2.57 bits per heavy atom. The van der Waals surface area contributed by atoms with Crippen molar-refractivity contribution in [2.45, 2.75) is 51.1 Å². The highest BCUT2D eigenvalue weighted by Crippen LogP contribution is 2.44. The van der Waals surface area contributed by atoms with Crippen LogP contribution in [-0.2, 0) is 0 Å². The van der Waals surface area contributed by atoms with E-state index >= 15 is 0 Å². The Labute approximate surface area is 207 Å². The molecule has 1 saturated heterocycles. The second-order valence-electron chi connectivity index (χ2n) is 11.0. The Morgan fingerprint density at radius 1 is 1.03 bits per heavy atom. The molecule has 3 unspecified atom stereocenters. The predicted octanol–water partition coefficient (Wildman–Crippen LogP) is 5.27. The second kappa shape index (κ2) is 9.30. The highest BCUT2D eigenvalue weighted by molar-refractivity contribution is 6.04. The third kappa shape index (κ3) is 4.33. The smallest absolute Gasteiger partial charge is 0.299 e. The van der Waals surface area contributed by atoms with E-state index in [-0.39, 0.29) is 18.0 Å². The Hall–Kier alpha value is -2.86. The van der Waals surface area contributed by atoms with E-state index in [9.17, 15) is 4.79 Å². The van der Waals surface area contributed by atoms with Gasteiger partial charge in [-0.3, -0.25) is 4.79 Å². The van der Waals surface area contributed by atoms with E-state index in [1.165, 1.54) is 24.8 Å². The van der Waals surface area contributed by atoms with Crippen LogP contribution in [0.1, 0.15) is 61.0 Å². The number of oxazole rings is 1. The van der Waals surface area contributed by atoms with E-state index in [2.05, 4.69) is 53.4 Å². The molecule has 6 heteroatoms. The molecule has 0 radical (unpaired) electrons. The van der Waals surface area contributed by atoms with Gasteiger partial charge in [0.25, 0.3) is 11.9 Å². The third-order valence-electron chi connectivity index (χ3n) is 8.81. The number of aromatic nitrogens is 1. The zero-order valence-corrected chi connectivity index (χ0v) is 20.8. The summed E-state index contributed by atoms with van der Waals surface area (Å²) in [5, 5.41) is 3.36. The minimum Gasteiger partial charge on any atom is -0.423 e. The van der Waals surface area contributed by atoms with Crippen molar-refractivity contribution in [3.8, 4) is 0 Å². The van der Waals surface area contributed by atoms with Gasteiger partial charge >= 0.3 is 0 Å². The number of para-hydroxylation sites is 1. The molecule has 184 valence electrons. The van der Waals surface area contributed by atoms with Gasteiger partial charge in [0.2, 0.25) is 0 Å². The van der Waals surface area contributed by atoms with Gasteiger partial charge < -0.3 is 19.5 Å². The summed E-state index contributed by atoms with van der Waals surface area (Å²) < 4.78 is 6.27. The molecule has 3 aliphatic rings. The number of carbonyl (C=O) groups is 1. The largest absolute Gasteiger partial charge is 0.423 e. The van der Waals surface area contributed by atoms with Gasteiger partial charge in [-0.15, -0.1) is 0 Å². The van der Waals surface area contributed by atoms with Crippen molar-refractivity contribution >= 4 is 23.0 Å². The van der Waals surface area contributed by atoms with E-state index in [0.717, 1.165) is 50.2 Å². The minimum atomic E-state index is -0.0222. The summed E-state index contributed by atoms with van der Waals surface area (Å²) in [6, 6.07) is 17.3.